The number of hydrogen-bond donors (Lipinski definition) is 2. The van der Waals surface area contributed by atoms with E-state index in [1.807, 2.05) is 0 Å². The molecule has 1 amide bonds. The van der Waals surface area contributed by atoms with E-state index in [4.69, 9.17) is 0 Å². The van der Waals surface area contributed by atoms with Gasteiger partial charge in [0.2, 0.25) is 5.91 Å². The van der Waals surface area contributed by atoms with Gasteiger partial charge in [-0.2, -0.15) is 0 Å². The van der Waals surface area contributed by atoms with Crippen LogP contribution in [-0.2, 0) is 11.3 Å². The summed E-state index contributed by atoms with van der Waals surface area (Å²) in [6.07, 6.45) is 2.05. The van der Waals surface area contributed by atoms with Gasteiger partial charge in [-0.05, 0) is 48.9 Å². The molecule has 0 aliphatic carbocycles. The molecule has 2 rings (SSSR count). The van der Waals surface area contributed by atoms with Crippen LogP contribution < -0.4 is 10.6 Å². The first-order chi connectivity index (χ1) is 9.08. The van der Waals surface area contributed by atoms with Crippen molar-refractivity contribution in [3.63, 3.8) is 0 Å². The number of nitrogens with one attached hydrogen (secondary N) is 2. The number of amides is 1. The average molecular weight is 260 g/mol. The summed E-state index contributed by atoms with van der Waals surface area (Å²) in [5.74, 6) is 0.651. The smallest absolute Gasteiger partial charge is 0.237 e. The molecule has 1 aromatic carbocycles. The average Bonchev–Trinajstić information content (AvgIpc) is 2.91. The van der Waals surface area contributed by atoms with E-state index in [1.165, 1.54) is 16.7 Å². The zero-order valence-electron chi connectivity index (χ0n) is 12.1. The lowest BCUT2D eigenvalue weighted by Gasteiger charge is -2.14. The largest absolute Gasteiger partial charge is 0.351 e. The fraction of sp³-hybridized carbons (Fsp3) is 0.562. The number of benzene rings is 1. The van der Waals surface area contributed by atoms with Gasteiger partial charge in [-0.25, -0.2) is 0 Å². The maximum atomic E-state index is 12.0. The third-order valence-electron chi connectivity index (χ3n) is 3.87. The van der Waals surface area contributed by atoms with Crippen LogP contribution in [0.2, 0.25) is 0 Å². The highest BCUT2D eigenvalue weighted by molar-refractivity contribution is 5.82. The summed E-state index contributed by atoms with van der Waals surface area (Å²) in [5, 5.41) is 6.27. The Morgan fingerprint density at radius 2 is 2.26 bits per heavy atom. The third kappa shape index (κ3) is 3.57. The summed E-state index contributed by atoms with van der Waals surface area (Å²) in [5.41, 5.74) is 3.79. The summed E-state index contributed by atoms with van der Waals surface area (Å²) in [4.78, 5) is 12.0. The molecule has 0 saturated carbocycles. The first-order valence-electron chi connectivity index (χ1n) is 7.18. The van der Waals surface area contributed by atoms with Crippen LogP contribution in [0.4, 0.5) is 0 Å². The molecule has 19 heavy (non-hydrogen) atoms. The zero-order valence-corrected chi connectivity index (χ0v) is 12.1. The van der Waals surface area contributed by atoms with E-state index in [9.17, 15) is 4.79 Å². The predicted molar refractivity (Wildman–Crippen MR) is 78.1 cm³/mol. The van der Waals surface area contributed by atoms with Crippen molar-refractivity contribution < 1.29 is 4.79 Å². The fourth-order valence-electron chi connectivity index (χ4n) is 2.45. The van der Waals surface area contributed by atoms with Gasteiger partial charge in [0.25, 0.3) is 0 Å². The van der Waals surface area contributed by atoms with Crippen LogP contribution in [0, 0.1) is 6.92 Å². The van der Waals surface area contributed by atoms with Crippen LogP contribution in [0.15, 0.2) is 18.2 Å². The second-order valence-corrected chi connectivity index (χ2v) is 5.71. The van der Waals surface area contributed by atoms with Gasteiger partial charge < -0.3 is 10.6 Å². The minimum atomic E-state index is 0.00795. The van der Waals surface area contributed by atoms with Crippen molar-refractivity contribution in [3.05, 3.63) is 34.9 Å². The quantitative estimate of drug-likeness (QED) is 0.873. The lowest BCUT2D eigenvalue weighted by molar-refractivity contribution is -0.122. The van der Waals surface area contributed by atoms with Crippen molar-refractivity contribution in [1.82, 2.24) is 10.6 Å². The highest BCUT2D eigenvalue weighted by atomic mass is 16.2. The van der Waals surface area contributed by atoms with Crippen LogP contribution in [0.5, 0.6) is 0 Å². The fourth-order valence-corrected chi connectivity index (χ4v) is 2.45. The van der Waals surface area contributed by atoms with E-state index in [2.05, 4.69) is 49.6 Å². The molecule has 0 bridgehead atoms. The molecule has 2 N–H and O–H groups in total. The monoisotopic (exact) mass is 260 g/mol. The highest BCUT2D eigenvalue weighted by Crippen LogP contribution is 2.18. The molecule has 104 valence electrons. The van der Waals surface area contributed by atoms with Crippen LogP contribution in [-0.4, -0.2) is 18.5 Å². The van der Waals surface area contributed by atoms with Crippen molar-refractivity contribution in [2.24, 2.45) is 0 Å². The van der Waals surface area contributed by atoms with Crippen LogP contribution in [0.1, 0.15) is 49.3 Å². The molecular formula is C16H24N2O. The van der Waals surface area contributed by atoms with Gasteiger partial charge in [0.1, 0.15) is 0 Å². The Labute approximate surface area is 115 Å². The van der Waals surface area contributed by atoms with E-state index < -0.39 is 0 Å². The summed E-state index contributed by atoms with van der Waals surface area (Å²) in [7, 11) is 0. The van der Waals surface area contributed by atoms with Gasteiger partial charge in [0.15, 0.2) is 0 Å². The molecule has 0 aromatic heterocycles. The molecule has 1 fully saturated rings. The van der Waals surface area contributed by atoms with Crippen LogP contribution in [0.25, 0.3) is 0 Å². The minimum Gasteiger partial charge on any atom is -0.351 e. The second-order valence-electron chi connectivity index (χ2n) is 5.71. The van der Waals surface area contributed by atoms with Crippen LogP contribution in [0.3, 0.4) is 0 Å². The molecule has 1 aliphatic rings. The molecule has 1 heterocycles. The Bertz CT molecular complexity index is 448. The van der Waals surface area contributed by atoms with Crippen LogP contribution >= 0.6 is 0 Å². The summed E-state index contributed by atoms with van der Waals surface area (Å²) in [6, 6.07) is 6.53. The summed E-state index contributed by atoms with van der Waals surface area (Å²) < 4.78 is 0. The van der Waals surface area contributed by atoms with Gasteiger partial charge in [-0.3, -0.25) is 4.79 Å². The number of carbonyl (C=O) groups is 1. The van der Waals surface area contributed by atoms with Crippen molar-refractivity contribution in [2.75, 3.05) is 6.54 Å². The van der Waals surface area contributed by atoms with Gasteiger partial charge in [-0.15, -0.1) is 0 Å². The topological polar surface area (TPSA) is 41.1 Å². The predicted octanol–water partition coefficient (Wildman–Crippen LogP) is 2.49. The Morgan fingerprint density at radius 1 is 1.47 bits per heavy atom. The molecular weight excluding hydrogens is 236 g/mol. The molecule has 1 saturated heterocycles. The molecule has 3 heteroatoms. The molecule has 3 nitrogen and oxygen atoms in total. The van der Waals surface area contributed by atoms with E-state index in [0.717, 1.165) is 19.4 Å². The number of aryl methyl sites for hydroxylation is 1. The van der Waals surface area contributed by atoms with Gasteiger partial charge >= 0.3 is 0 Å². The van der Waals surface area contributed by atoms with Crippen molar-refractivity contribution in [1.29, 1.82) is 0 Å². The first kappa shape index (κ1) is 14.1. The first-order valence-corrected chi connectivity index (χ1v) is 7.18. The third-order valence-corrected chi connectivity index (χ3v) is 3.87. The van der Waals surface area contributed by atoms with Crippen molar-refractivity contribution in [2.45, 2.75) is 52.1 Å². The Hall–Kier alpha value is -1.35. The number of hydrogen-bond acceptors (Lipinski definition) is 2. The summed E-state index contributed by atoms with van der Waals surface area (Å²) >= 11 is 0. The Morgan fingerprint density at radius 3 is 2.89 bits per heavy atom. The lowest BCUT2D eigenvalue weighted by Crippen LogP contribution is -2.40. The minimum absolute atomic E-state index is 0.00795. The van der Waals surface area contributed by atoms with Gasteiger partial charge in [-0.1, -0.05) is 32.0 Å². The van der Waals surface area contributed by atoms with Gasteiger partial charge in [0, 0.05) is 6.54 Å². The van der Waals surface area contributed by atoms with E-state index >= 15 is 0 Å². The normalized spacial score (nSPS) is 18.8. The maximum Gasteiger partial charge on any atom is 0.237 e. The Kier molecular flexibility index (Phi) is 4.59. The molecule has 1 atom stereocenters. The number of rotatable bonds is 4. The molecule has 1 aromatic rings. The second kappa shape index (κ2) is 6.20. The standard InChI is InChI=1S/C16H24N2O/c1-11(2)13-7-6-12(3)14(9-13)10-18-16(19)15-5-4-8-17-15/h6-7,9,11,15,17H,4-5,8,10H2,1-3H3,(H,18,19). The van der Waals surface area contributed by atoms with Gasteiger partial charge in [0.05, 0.1) is 6.04 Å². The zero-order chi connectivity index (χ0) is 13.8. The Balaban J connectivity index is 1.98. The molecule has 1 aliphatic heterocycles. The SMILES string of the molecule is Cc1ccc(C(C)C)cc1CNC(=O)C1CCCN1. The van der Waals surface area contributed by atoms with E-state index in [0.29, 0.717) is 12.5 Å². The molecule has 0 spiro atoms. The van der Waals surface area contributed by atoms with Crippen molar-refractivity contribution in [3.8, 4) is 0 Å². The lowest BCUT2D eigenvalue weighted by atomic mass is 9.98. The van der Waals surface area contributed by atoms with Crippen molar-refractivity contribution >= 4 is 5.91 Å². The van der Waals surface area contributed by atoms with E-state index in [1.54, 1.807) is 0 Å². The highest BCUT2D eigenvalue weighted by Gasteiger charge is 2.21. The maximum absolute atomic E-state index is 12.0. The molecule has 0 radical (unpaired) electrons. The summed E-state index contributed by atoms with van der Waals surface area (Å²) in [6.45, 7) is 8.06. The number of carbonyl (C=O) groups excluding carboxylic acids is 1. The molecule has 1 unspecified atom stereocenters. The van der Waals surface area contributed by atoms with E-state index in [-0.39, 0.29) is 11.9 Å².